The van der Waals surface area contributed by atoms with E-state index in [1.807, 2.05) is 48.9 Å². The van der Waals surface area contributed by atoms with Crippen LogP contribution in [0.25, 0.3) is 21.8 Å². The van der Waals surface area contributed by atoms with Crippen molar-refractivity contribution < 1.29 is 14.5 Å². The van der Waals surface area contributed by atoms with Crippen LogP contribution in [0.3, 0.4) is 0 Å². The number of aryl methyl sites for hydroxylation is 2. The molecule has 0 aliphatic carbocycles. The Morgan fingerprint density at radius 3 is 2.47 bits per heavy atom. The maximum Gasteiger partial charge on any atom is 0.213 e. The highest BCUT2D eigenvalue weighted by atomic mass is 16.4. The van der Waals surface area contributed by atoms with E-state index in [1.54, 1.807) is 12.1 Å². The third-order valence-electron chi connectivity index (χ3n) is 3.67. The number of para-hydroxylation sites is 1. The number of pyridine rings is 1. The zero-order chi connectivity index (χ0) is 13.6. The SMILES string of the molecule is Cc1c2ccccc2[n+](C)c2cccc(C(=O)[O-])c12. The van der Waals surface area contributed by atoms with Crippen LogP contribution >= 0.6 is 0 Å². The molecule has 0 aliphatic heterocycles. The Bertz CT molecular complexity index is 822. The summed E-state index contributed by atoms with van der Waals surface area (Å²) >= 11 is 0. The highest BCUT2D eigenvalue weighted by Gasteiger charge is 2.17. The molecule has 0 saturated carbocycles. The Hall–Kier alpha value is -2.42. The number of hydrogen-bond acceptors (Lipinski definition) is 2. The van der Waals surface area contributed by atoms with E-state index in [2.05, 4.69) is 0 Å². The molecule has 19 heavy (non-hydrogen) atoms. The third-order valence-corrected chi connectivity index (χ3v) is 3.67. The predicted octanol–water partition coefficient (Wildman–Crippen LogP) is 1.49. The smallest absolute Gasteiger partial charge is 0.213 e. The van der Waals surface area contributed by atoms with Gasteiger partial charge in [0.25, 0.3) is 0 Å². The molecule has 3 nitrogen and oxygen atoms in total. The van der Waals surface area contributed by atoms with Crippen LogP contribution in [-0.4, -0.2) is 5.97 Å². The van der Waals surface area contributed by atoms with Crippen LogP contribution in [0.15, 0.2) is 42.5 Å². The summed E-state index contributed by atoms with van der Waals surface area (Å²) in [5.41, 5.74) is 3.21. The van der Waals surface area contributed by atoms with Crippen molar-refractivity contribution in [2.24, 2.45) is 7.05 Å². The molecule has 0 unspecified atom stereocenters. The summed E-state index contributed by atoms with van der Waals surface area (Å²) in [4.78, 5) is 11.3. The summed E-state index contributed by atoms with van der Waals surface area (Å²) in [5, 5.41) is 13.1. The summed E-state index contributed by atoms with van der Waals surface area (Å²) in [6.45, 7) is 1.96. The molecule has 0 bridgehead atoms. The molecule has 0 aliphatic rings. The number of aromatic carboxylic acids is 1. The van der Waals surface area contributed by atoms with Gasteiger partial charge in [-0.2, -0.15) is 4.57 Å². The van der Waals surface area contributed by atoms with Crippen molar-refractivity contribution in [1.82, 2.24) is 0 Å². The van der Waals surface area contributed by atoms with Crippen LogP contribution in [0, 0.1) is 6.92 Å². The standard InChI is InChI=1S/C16H13NO2/c1-10-11-6-3-4-8-13(11)17(2)14-9-5-7-12(15(10)14)16(18)19/h3-9H,1-2H3. The fourth-order valence-electron chi connectivity index (χ4n) is 2.73. The molecule has 0 saturated heterocycles. The summed E-state index contributed by atoms with van der Waals surface area (Å²) in [7, 11) is 1.95. The lowest BCUT2D eigenvalue weighted by molar-refractivity contribution is -0.617. The first kappa shape index (κ1) is 11.7. The van der Waals surface area contributed by atoms with Gasteiger partial charge < -0.3 is 9.90 Å². The van der Waals surface area contributed by atoms with Crippen molar-refractivity contribution in [1.29, 1.82) is 0 Å². The van der Waals surface area contributed by atoms with Crippen molar-refractivity contribution in [2.45, 2.75) is 6.92 Å². The minimum absolute atomic E-state index is 0.247. The largest absolute Gasteiger partial charge is 0.545 e. The molecule has 2 aromatic carbocycles. The molecule has 0 spiro atoms. The Morgan fingerprint density at radius 2 is 1.74 bits per heavy atom. The second-order valence-corrected chi connectivity index (χ2v) is 4.69. The summed E-state index contributed by atoms with van der Waals surface area (Å²) in [6.07, 6.45) is 0. The molecule has 0 N–H and O–H groups in total. The minimum atomic E-state index is -1.14. The summed E-state index contributed by atoms with van der Waals surface area (Å²) in [5.74, 6) is -1.14. The van der Waals surface area contributed by atoms with Gasteiger partial charge in [0.05, 0.1) is 11.4 Å². The van der Waals surface area contributed by atoms with Crippen LogP contribution in [0.4, 0.5) is 0 Å². The molecule has 1 aromatic heterocycles. The number of fused-ring (bicyclic) bond motifs is 2. The average molecular weight is 251 g/mol. The predicted molar refractivity (Wildman–Crippen MR) is 71.7 cm³/mol. The van der Waals surface area contributed by atoms with Crippen LogP contribution in [-0.2, 0) is 7.05 Å². The number of rotatable bonds is 1. The molecule has 0 fully saturated rings. The van der Waals surface area contributed by atoms with Crippen LogP contribution in [0.1, 0.15) is 15.9 Å². The first-order valence-electron chi connectivity index (χ1n) is 6.12. The third kappa shape index (κ3) is 1.58. The lowest BCUT2D eigenvalue weighted by atomic mass is 9.99. The van der Waals surface area contributed by atoms with Crippen LogP contribution in [0.5, 0.6) is 0 Å². The molecule has 1 heterocycles. The van der Waals surface area contributed by atoms with Gasteiger partial charge in [0.2, 0.25) is 11.0 Å². The number of aromatic nitrogens is 1. The fraction of sp³-hybridized carbons (Fsp3) is 0.125. The topological polar surface area (TPSA) is 44.0 Å². The molecule has 3 heteroatoms. The lowest BCUT2D eigenvalue weighted by Crippen LogP contribution is -2.32. The zero-order valence-corrected chi connectivity index (χ0v) is 10.8. The summed E-state index contributed by atoms with van der Waals surface area (Å²) < 4.78 is 2.02. The normalized spacial score (nSPS) is 11.1. The number of carboxylic acid groups (broad SMARTS) is 1. The first-order valence-corrected chi connectivity index (χ1v) is 6.12. The van der Waals surface area contributed by atoms with Crippen molar-refractivity contribution in [3.8, 4) is 0 Å². The average Bonchev–Trinajstić information content (AvgIpc) is 2.44. The van der Waals surface area contributed by atoms with Crippen molar-refractivity contribution in [3.63, 3.8) is 0 Å². The van der Waals surface area contributed by atoms with Gasteiger partial charge >= 0.3 is 0 Å². The number of nitrogens with zero attached hydrogens (tertiary/aromatic N) is 1. The maximum absolute atomic E-state index is 11.3. The van der Waals surface area contributed by atoms with Crippen LogP contribution < -0.4 is 9.67 Å². The van der Waals surface area contributed by atoms with Gasteiger partial charge in [0.15, 0.2) is 0 Å². The van der Waals surface area contributed by atoms with E-state index in [9.17, 15) is 9.90 Å². The van der Waals surface area contributed by atoms with E-state index < -0.39 is 5.97 Å². The molecular weight excluding hydrogens is 238 g/mol. The number of carbonyl (C=O) groups is 1. The second-order valence-electron chi connectivity index (χ2n) is 4.69. The van der Waals surface area contributed by atoms with Crippen molar-refractivity contribution >= 4 is 27.8 Å². The van der Waals surface area contributed by atoms with E-state index in [4.69, 9.17) is 0 Å². The quantitative estimate of drug-likeness (QED) is 0.486. The molecular formula is C16H13NO2. The van der Waals surface area contributed by atoms with Gasteiger partial charge in [-0.15, -0.1) is 0 Å². The maximum atomic E-state index is 11.3. The van der Waals surface area contributed by atoms with E-state index in [-0.39, 0.29) is 5.56 Å². The van der Waals surface area contributed by atoms with Gasteiger partial charge in [-0.3, -0.25) is 0 Å². The van der Waals surface area contributed by atoms with Crippen molar-refractivity contribution in [2.75, 3.05) is 0 Å². The number of carboxylic acids is 1. The van der Waals surface area contributed by atoms with Gasteiger partial charge in [0, 0.05) is 23.1 Å². The van der Waals surface area contributed by atoms with E-state index in [0.29, 0.717) is 0 Å². The zero-order valence-electron chi connectivity index (χ0n) is 10.8. The van der Waals surface area contributed by atoms with E-state index in [1.165, 1.54) is 0 Å². The molecule has 94 valence electrons. The lowest BCUT2D eigenvalue weighted by Gasteiger charge is -2.11. The highest BCUT2D eigenvalue weighted by Crippen LogP contribution is 2.26. The molecule has 3 rings (SSSR count). The second kappa shape index (κ2) is 4.05. The Kier molecular flexibility index (Phi) is 2.49. The monoisotopic (exact) mass is 251 g/mol. The fourth-order valence-corrected chi connectivity index (χ4v) is 2.73. The number of hydrogen-bond donors (Lipinski definition) is 0. The van der Waals surface area contributed by atoms with Crippen molar-refractivity contribution in [3.05, 3.63) is 53.6 Å². The number of carbonyl (C=O) groups excluding carboxylic acids is 1. The molecule has 0 radical (unpaired) electrons. The van der Waals surface area contributed by atoms with Gasteiger partial charge in [-0.25, -0.2) is 0 Å². The van der Waals surface area contributed by atoms with E-state index in [0.717, 1.165) is 27.4 Å². The molecule has 0 amide bonds. The Morgan fingerprint density at radius 1 is 1.05 bits per heavy atom. The molecule has 0 atom stereocenters. The molecule has 3 aromatic rings. The minimum Gasteiger partial charge on any atom is -0.545 e. The van der Waals surface area contributed by atoms with Gasteiger partial charge in [-0.1, -0.05) is 24.3 Å². The highest BCUT2D eigenvalue weighted by molar-refractivity contribution is 6.05. The van der Waals surface area contributed by atoms with Gasteiger partial charge in [-0.05, 0) is 18.6 Å². The summed E-state index contributed by atoms with van der Waals surface area (Å²) in [6, 6.07) is 13.3. The van der Waals surface area contributed by atoms with Gasteiger partial charge in [0.1, 0.15) is 7.05 Å². The van der Waals surface area contributed by atoms with Crippen LogP contribution in [0.2, 0.25) is 0 Å². The van der Waals surface area contributed by atoms with E-state index >= 15 is 0 Å². The first-order chi connectivity index (χ1) is 9.11. The number of benzene rings is 2. The Balaban J connectivity index is 2.64. The Labute approximate surface area is 110 Å².